The lowest BCUT2D eigenvalue weighted by Crippen LogP contribution is -2.21. The quantitative estimate of drug-likeness (QED) is 0.643. The van der Waals surface area contributed by atoms with Crippen molar-refractivity contribution in [3.8, 4) is 11.1 Å². The first-order chi connectivity index (χ1) is 11.2. The summed E-state index contributed by atoms with van der Waals surface area (Å²) in [6.45, 7) is 10.4. The van der Waals surface area contributed by atoms with Crippen molar-refractivity contribution in [2.45, 2.75) is 13.8 Å². The summed E-state index contributed by atoms with van der Waals surface area (Å²) in [5, 5.41) is 1.18. The molecule has 0 aliphatic rings. The molecule has 3 aromatic rings. The van der Waals surface area contributed by atoms with Gasteiger partial charge in [0.15, 0.2) is 0 Å². The number of nitrogens with zero attached hydrogens (tertiary/aromatic N) is 2. The van der Waals surface area contributed by atoms with Crippen LogP contribution in [0, 0.1) is 0 Å². The summed E-state index contributed by atoms with van der Waals surface area (Å²) in [4.78, 5) is 7.08. The Kier molecular flexibility index (Phi) is 4.42. The maximum atomic E-state index is 4.84. The third-order valence-electron chi connectivity index (χ3n) is 4.24. The van der Waals surface area contributed by atoms with Crippen LogP contribution in [0.2, 0.25) is 0 Å². The van der Waals surface area contributed by atoms with E-state index >= 15 is 0 Å². The number of benzene rings is 2. The summed E-state index contributed by atoms with van der Waals surface area (Å²) < 4.78 is 0. The Morgan fingerprint density at radius 3 is 2.30 bits per heavy atom. The van der Waals surface area contributed by atoms with E-state index < -0.39 is 0 Å². The molecule has 0 radical (unpaired) electrons. The standard InChI is InChI=1S/C21H22N2/c1-4-23(5-2)16(3)21-15-19(17-11-7-6-8-12-17)18-13-9-10-14-20(18)22-21/h6-15H,3-5H2,1-2H3. The third kappa shape index (κ3) is 2.98. The zero-order chi connectivity index (χ0) is 16.2. The Balaban J connectivity index is 2.20. The molecule has 1 aromatic heterocycles. The molecule has 116 valence electrons. The molecule has 0 atom stereocenters. The molecule has 0 bridgehead atoms. The van der Waals surface area contributed by atoms with Gasteiger partial charge in [-0.3, -0.25) is 0 Å². The number of para-hydroxylation sites is 1. The molecule has 23 heavy (non-hydrogen) atoms. The van der Waals surface area contributed by atoms with E-state index in [1.165, 1.54) is 16.5 Å². The third-order valence-corrected chi connectivity index (χ3v) is 4.24. The first-order valence-electron chi connectivity index (χ1n) is 8.14. The summed E-state index contributed by atoms with van der Waals surface area (Å²) in [5.74, 6) is 0. The van der Waals surface area contributed by atoms with E-state index in [1.54, 1.807) is 0 Å². The summed E-state index contributed by atoms with van der Waals surface area (Å²) in [5.41, 5.74) is 5.36. The Labute approximate surface area is 138 Å². The second-order valence-electron chi connectivity index (χ2n) is 5.56. The minimum atomic E-state index is 0.935. The lowest BCUT2D eigenvalue weighted by atomic mass is 9.99. The van der Waals surface area contributed by atoms with Crippen molar-refractivity contribution >= 4 is 16.6 Å². The number of pyridine rings is 1. The van der Waals surface area contributed by atoms with Gasteiger partial charge in [-0.15, -0.1) is 0 Å². The van der Waals surface area contributed by atoms with Crippen LogP contribution in [-0.4, -0.2) is 23.0 Å². The van der Waals surface area contributed by atoms with E-state index in [1.807, 2.05) is 12.1 Å². The number of fused-ring (bicyclic) bond motifs is 1. The van der Waals surface area contributed by atoms with Gasteiger partial charge >= 0.3 is 0 Å². The van der Waals surface area contributed by atoms with Gasteiger partial charge in [-0.05, 0) is 37.1 Å². The highest BCUT2D eigenvalue weighted by Gasteiger charge is 2.12. The van der Waals surface area contributed by atoms with Crippen LogP contribution in [-0.2, 0) is 0 Å². The van der Waals surface area contributed by atoms with Crippen molar-refractivity contribution in [3.63, 3.8) is 0 Å². The Morgan fingerprint density at radius 2 is 1.61 bits per heavy atom. The fourth-order valence-corrected chi connectivity index (χ4v) is 2.95. The first-order valence-corrected chi connectivity index (χ1v) is 8.14. The monoisotopic (exact) mass is 302 g/mol. The van der Waals surface area contributed by atoms with Gasteiger partial charge in [0, 0.05) is 18.5 Å². The predicted molar refractivity (Wildman–Crippen MR) is 99.1 cm³/mol. The molecule has 0 unspecified atom stereocenters. The molecule has 0 aliphatic heterocycles. The highest BCUT2D eigenvalue weighted by Crippen LogP contribution is 2.30. The minimum Gasteiger partial charge on any atom is -0.371 e. The number of rotatable bonds is 5. The van der Waals surface area contributed by atoms with E-state index in [4.69, 9.17) is 4.98 Å². The van der Waals surface area contributed by atoms with E-state index in [-0.39, 0.29) is 0 Å². The van der Waals surface area contributed by atoms with Crippen LogP contribution < -0.4 is 0 Å². The Morgan fingerprint density at radius 1 is 0.957 bits per heavy atom. The highest BCUT2D eigenvalue weighted by atomic mass is 15.1. The maximum absolute atomic E-state index is 4.84. The fourth-order valence-electron chi connectivity index (χ4n) is 2.95. The van der Waals surface area contributed by atoms with Crippen molar-refractivity contribution in [2.75, 3.05) is 13.1 Å². The van der Waals surface area contributed by atoms with Gasteiger partial charge < -0.3 is 4.90 Å². The molecule has 3 rings (SSSR count). The van der Waals surface area contributed by atoms with E-state index in [9.17, 15) is 0 Å². The maximum Gasteiger partial charge on any atom is 0.0870 e. The molecule has 0 saturated heterocycles. The zero-order valence-electron chi connectivity index (χ0n) is 13.8. The Hall–Kier alpha value is -2.61. The van der Waals surface area contributed by atoms with E-state index in [0.717, 1.165) is 30.0 Å². The van der Waals surface area contributed by atoms with Crippen molar-refractivity contribution in [1.29, 1.82) is 0 Å². The molecular weight excluding hydrogens is 280 g/mol. The molecule has 0 spiro atoms. The number of hydrogen-bond acceptors (Lipinski definition) is 2. The van der Waals surface area contributed by atoms with E-state index in [2.05, 4.69) is 73.9 Å². The van der Waals surface area contributed by atoms with E-state index in [0.29, 0.717) is 0 Å². The van der Waals surface area contributed by atoms with Gasteiger partial charge in [0.2, 0.25) is 0 Å². The number of hydrogen-bond donors (Lipinski definition) is 0. The first kappa shape index (κ1) is 15.3. The second-order valence-corrected chi connectivity index (χ2v) is 5.56. The van der Waals surface area contributed by atoms with Gasteiger partial charge in [-0.1, -0.05) is 55.1 Å². The van der Waals surface area contributed by atoms with Crippen LogP contribution in [0.25, 0.3) is 27.7 Å². The molecule has 0 fully saturated rings. The van der Waals surface area contributed by atoms with Crippen molar-refractivity contribution in [3.05, 3.63) is 72.9 Å². The molecular formula is C21H22N2. The summed E-state index contributed by atoms with van der Waals surface area (Å²) in [6.07, 6.45) is 0. The molecule has 0 amide bonds. The van der Waals surface area contributed by atoms with Gasteiger partial charge in [0.25, 0.3) is 0 Å². The molecule has 0 saturated carbocycles. The van der Waals surface area contributed by atoms with Crippen LogP contribution in [0.15, 0.2) is 67.2 Å². The molecule has 1 heterocycles. The van der Waals surface area contributed by atoms with Crippen molar-refractivity contribution < 1.29 is 0 Å². The normalized spacial score (nSPS) is 10.7. The molecule has 2 nitrogen and oxygen atoms in total. The smallest absolute Gasteiger partial charge is 0.0870 e. The van der Waals surface area contributed by atoms with Crippen LogP contribution in [0.5, 0.6) is 0 Å². The SMILES string of the molecule is C=C(c1cc(-c2ccccc2)c2ccccc2n1)N(CC)CC. The second kappa shape index (κ2) is 6.66. The molecule has 0 N–H and O–H groups in total. The average Bonchev–Trinajstić information content (AvgIpc) is 2.62. The van der Waals surface area contributed by atoms with Crippen LogP contribution in [0.1, 0.15) is 19.5 Å². The van der Waals surface area contributed by atoms with Crippen LogP contribution in [0.4, 0.5) is 0 Å². The lowest BCUT2D eigenvalue weighted by Gasteiger charge is -2.23. The number of aromatic nitrogens is 1. The zero-order valence-corrected chi connectivity index (χ0v) is 13.8. The fraction of sp³-hybridized carbons (Fsp3) is 0.190. The molecule has 2 heteroatoms. The Bertz CT molecular complexity index is 818. The largest absolute Gasteiger partial charge is 0.371 e. The molecule has 2 aromatic carbocycles. The topological polar surface area (TPSA) is 16.1 Å². The predicted octanol–water partition coefficient (Wildman–Crippen LogP) is 5.21. The summed E-state index contributed by atoms with van der Waals surface area (Å²) in [6, 6.07) is 20.9. The van der Waals surface area contributed by atoms with Gasteiger partial charge in [0.1, 0.15) is 0 Å². The van der Waals surface area contributed by atoms with Crippen molar-refractivity contribution in [2.24, 2.45) is 0 Å². The summed E-state index contributed by atoms with van der Waals surface area (Å²) >= 11 is 0. The molecule has 0 aliphatic carbocycles. The van der Waals surface area contributed by atoms with Crippen LogP contribution >= 0.6 is 0 Å². The van der Waals surface area contributed by atoms with Gasteiger partial charge in [-0.2, -0.15) is 0 Å². The summed E-state index contributed by atoms with van der Waals surface area (Å²) in [7, 11) is 0. The van der Waals surface area contributed by atoms with Crippen LogP contribution in [0.3, 0.4) is 0 Å². The van der Waals surface area contributed by atoms with Gasteiger partial charge in [0.05, 0.1) is 16.9 Å². The minimum absolute atomic E-state index is 0.935. The van der Waals surface area contributed by atoms with Crippen molar-refractivity contribution in [1.82, 2.24) is 9.88 Å². The van der Waals surface area contributed by atoms with Gasteiger partial charge in [-0.25, -0.2) is 4.98 Å². The average molecular weight is 302 g/mol. The lowest BCUT2D eigenvalue weighted by molar-refractivity contribution is 0.441. The highest BCUT2D eigenvalue weighted by molar-refractivity contribution is 5.95.